The molecule has 0 radical (unpaired) electrons. The van der Waals surface area contributed by atoms with E-state index < -0.39 is 11.8 Å². The van der Waals surface area contributed by atoms with Gasteiger partial charge in [0.2, 0.25) is 0 Å². The Hall–Kier alpha value is -2.66. The van der Waals surface area contributed by atoms with Gasteiger partial charge < -0.3 is 15.7 Å². The maximum absolute atomic E-state index is 11.9. The molecular weight excluding hydrogens is 304 g/mol. The van der Waals surface area contributed by atoms with Gasteiger partial charge in [-0.3, -0.25) is 9.59 Å². The smallest absolute Gasteiger partial charge is 0.313 e. The first-order valence-corrected chi connectivity index (χ1v) is 8.02. The van der Waals surface area contributed by atoms with Gasteiger partial charge in [-0.05, 0) is 36.1 Å². The summed E-state index contributed by atoms with van der Waals surface area (Å²) >= 11 is 0. The van der Waals surface area contributed by atoms with E-state index in [2.05, 4.69) is 10.6 Å². The van der Waals surface area contributed by atoms with Crippen LogP contribution in [0.15, 0.2) is 54.6 Å². The lowest BCUT2D eigenvalue weighted by atomic mass is 10.1. The highest BCUT2D eigenvalue weighted by molar-refractivity contribution is 6.39. The molecule has 2 rings (SSSR count). The molecule has 2 aromatic carbocycles. The molecular formula is C19H22N2O3. The van der Waals surface area contributed by atoms with Crippen LogP contribution in [0, 0.1) is 0 Å². The first kappa shape index (κ1) is 17.7. The number of aliphatic hydroxyl groups excluding tert-OH is 1. The van der Waals surface area contributed by atoms with E-state index >= 15 is 0 Å². The molecule has 0 heterocycles. The van der Waals surface area contributed by atoms with Crippen LogP contribution in [0.1, 0.15) is 19.8 Å². The van der Waals surface area contributed by atoms with E-state index in [-0.39, 0.29) is 12.6 Å². The lowest BCUT2D eigenvalue weighted by Crippen LogP contribution is -2.42. The minimum atomic E-state index is -0.709. The van der Waals surface area contributed by atoms with Gasteiger partial charge in [0.05, 0.1) is 0 Å². The summed E-state index contributed by atoms with van der Waals surface area (Å²) in [6.45, 7) is 1.86. The highest BCUT2D eigenvalue weighted by atomic mass is 16.3. The third kappa shape index (κ3) is 4.93. The Kier molecular flexibility index (Phi) is 6.51. The molecule has 1 atom stereocenters. The van der Waals surface area contributed by atoms with Crippen molar-refractivity contribution in [3.8, 4) is 11.1 Å². The van der Waals surface area contributed by atoms with E-state index in [0.29, 0.717) is 18.5 Å². The first-order valence-electron chi connectivity index (χ1n) is 8.02. The number of aliphatic hydroxyl groups is 1. The maximum atomic E-state index is 11.9. The molecule has 0 saturated carbocycles. The van der Waals surface area contributed by atoms with Crippen LogP contribution in [0.4, 0.5) is 5.69 Å². The van der Waals surface area contributed by atoms with Gasteiger partial charge in [-0.25, -0.2) is 0 Å². The van der Waals surface area contributed by atoms with Crippen molar-refractivity contribution < 1.29 is 14.7 Å². The fourth-order valence-electron chi connectivity index (χ4n) is 2.35. The summed E-state index contributed by atoms with van der Waals surface area (Å²) < 4.78 is 0. The average Bonchev–Trinajstić information content (AvgIpc) is 2.62. The summed E-state index contributed by atoms with van der Waals surface area (Å²) in [5, 5.41) is 14.1. The molecule has 0 spiro atoms. The second-order valence-electron chi connectivity index (χ2n) is 5.49. The van der Waals surface area contributed by atoms with E-state index in [0.717, 1.165) is 11.1 Å². The maximum Gasteiger partial charge on any atom is 0.313 e. The van der Waals surface area contributed by atoms with Crippen LogP contribution in [-0.2, 0) is 9.59 Å². The van der Waals surface area contributed by atoms with Crippen molar-refractivity contribution >= 4 is 17.5 Å². The van der Waals surface area contributed by atoms with E-state index in [4.69, 9.17) is 5.11 Å². The summed E-state index contributed by atoms with van der Waals surface area (Å²) in [6, 6.07) is 17.0. The fraction of sp³-hybridized carbons (Fsp3) is 0.263. The molecule has 5 nitrogen and oxygen atoms in total. The molecule has 0 aliphatic heterocycles. The summed E-state index contributed by atoms with van der Waals surface area (Å²) in [6.07, 6.45) is 1.09. The molecule has 3 N–H and O–H groups in total. The van der Waals surface area contributed by atoms with Gasteiger partial charge in [0.25, 0.3) is 0 Å². The van der Waals surface area contributed by atoms with Crippen LogP contribution in [-0.4, -0.2) is 29.6 Å². The standard InChI is InChI=1S/C19H22N2O3/c1-2-16(12-13-22)20-18(23)19(24)21-17-10-8-15(9-11-17)14-6-4-3-5-7-14/h3-11,16,22H,2,12-13H2,1H3,(H,20,23)(H,21,24). The molecule has 0 aliphatic carbocycles. The van der Waals surface area contributed by atoms with Crippen LogP contribution < -0.4 is 10.6 Å². The monoisotopic (exact) mass is 326 g/mol. The zero-order valence-corrected chi connectivity index (χ0v) is 13.7. The molecule has 0 aromatic heterocycles. The van der Waals surface area contributed by atoms with E-state index in [9.17, 15) is 9.59 Å². The van der Waals surface area contributed by atoms with E-state index in [1.165, 1.54) is 0 Å². The molecule has 0 fully saturated rings. The Bertz CT molecular complexity index is 669. The highest BCUT2D eigenvalue weighted by Gasteiger charge is 2.17. The fourth-order valence-corrected chi connectivity index (χ4v) is 2.35. The molecule has 0 saturated heterocycles. The molecule has 0 aliphatic rings. The molecule has 2 amide bonds. The topological polar surface area (TPSA) is 78.4 Å². The van der Waals surface area contributed by atoms with Crippen molar-refractivity contribution in [1.29, 1.82) is 0 Å². The average molecular weight is 326 g/mol. The van der Waals surface area contributed by atoms with Crippen molar-refractivity contribution in [2.24, 2.45) is 0 Å². The quantitative estimate of drug-likeness (QED) is 0.714. The van der Waals surface area contributed by atoms with Crippen molar-refractivity contribution in [2.75, 3.05) is 11.9 Å². The summed E-state index contributed by atoms with van der Waals surface area (Å²) in [5.74, 6) is -1.40. The van der Waals surface area contributed by atoms with E-state index in [1.807, 2.05) is 49.4 Å². The van der Waals surface area contributed by atoms with Crippen molar-refractivity contribution in [2.45, 2.75) is 25.8 Å². The van der Waals surface area contributed by atoms with Crippen LogP contribution >= 0.6 is 0 Å². The van der Waals surface area contributed by atoms with Gasteiger partial charge in [0.15, 0.2) is 0 Å². The van der Waals surface area contributed by atoms with Crippen LogP contribution in [0.25, 0.3) is 11.1 Å². The van der Waals surface area contributed by atoms with Gasteiger partial charge in [-0.15, -0.1) is 0 Å². The zero-order chi connectivity index (χ0) is 17.4. The third-order valence-electron chi connectivity index (χ3n) is 3.76. The van der Waals surface area contributed by atoms with Gasteiger partial charge in [-0.2, -0.15) is 0 Å². The molecule has 24 heavy (non-hydrogen) atoms. The van der Waals surface area contributed by atoms with Crippen LogP contribution in [0.2, 0.25) is 0 Å². The molecule has 0 bridgehead atoms. The van der Waals surface area contributed by atoms with E-state index in [1.54, 1.807) is 12.1 Å². The predicted octanol–water partition coefficient (Wildman–Crippen LogP) is 2.57. The number of carbonyl (C=O) groups excluding carboxylic acids is 2. The Labute approximate surface area is 141 Å². The van der Waals surface area contributed by atoms with Crippen LogP contribution in [0.5, 0.6) is 0 Å². The molecule has 126 valence electrons. The van der Waals surface area contributed by atoms with Crippen LogP contribution in [0.3, 0.4) is 0 Å². The zero-order valence-electron chi connectivity index (χ0n) is 13.7. The lowest BCUT2D eigenvalue weighted by molar-refractivity contribution is -0.136. The Morgan fingerprint density at radius 1 is 0.958 bits per heavy atom. The molecule has 1 unspecified atom stereocenters. The minimum Gasteiger partial charge on any atom is -0.396 e. The highest BCUT2D eigenvalue weighted by Crippen LogP contribution is 2.20. The number of nitrogens with one attached hydrogen (secondary N) is 2. The van der Waals surface area contributed by atoms with Gasteiger partial charge in [0.1, 0.15) is 0 Å². The lowest BCUT2D eigenvalue weighted by Gasteiger charge is -2.15. The summed E-state index contributed by atoms with van der Waals surface area (Å²) in [7, 11) is 0. The van der Waals surface area contributed by atoms with Crippen molar-refractivity contribution in [3.05, 3.63) is 54.6 Å². The normalized spacial score (nSPS) is 11.6. The summed E-state index contributed by atoms with van der Waals surface area (Å²) in [5.41, 5.74) is 2.68. The molecule has 2 aromatic rings. The van der Waals surface area contributed by atoms with Gasteiger partial charge >= 0.3 is 11.8 Å². The number of hydrogen-bond donors (Lipinski definition) is 3. The first-order chi connectivity index (χ1) is 11.6. The number of hydrogen-bond acceptors (Lipinski definition) is 3. The van der Waals surface area contributed by atoms with Crippen molar-refractivity contribution in [3.63, 3.8) is 0 Å². The largest absolute Gasteiger partial charge is 0.396 e. The second kappa shape index (κ2) is 8.84. The summed E-state index contributed by atoms with van der Waals surface area (Å²) in [4.78, 5) is 23.8. The SMILES string of the molecule is CCC(CCO)NC(=O)C(=O)Nc1ccc(-c2ccccc2)cc1. The van der Waals surface area contributed by atoms with Gasteiger partial charge in [0, 0.05) is 18.3 Å². The minimum absolute atomic E-state index is 0.0264. The number of rotatable bonds is 6. The Balaban J connectivity index is 1.95. The Morgan fingerprint density at radius 3 is 2.17 bits per heavy atom. The second-order valence-corrected chi connectivity index (χ2v) is 5.49. The number of anilines is 1. The Morgan fingerprint density at radius 2 is 1.58 bits per heavy atom. The number of benzene rings is 2. The number of carbonyl (C=O) groups is 2. The predicted molar refractivity (Wildman–Crippen MR) is 94.4 cm³/mol. The third-order valence-corrected chi connectivity index (χ3v) is 3.76. The molecule has 5 heteroatoms. The van der Waals surface area contributed by atoms with Gasteiger partial charge in [-0.1, -0.05) is 49.4 Å². The number of amides is 2. The van der Waals surface area contributed by atoms with Crippen molar-refractivity contribution in [1.82, 2.24) is 5.32 Å².